The Morgan fingerprint density at radius 2 is 1.97 bits per heavy atom. The molecule has 0 spiro atoms. The van der Waals surface area contributed by atoms with Gasteiger partial charge in [-0.1, -0.05) is 18.2 Å². The summed E-state index contributed by atoms with van der Waals surface area (Å²) in [4.78, 5) is 33.3. The van der Waals surface area contributed by atoms with E-state index in [9.17, 15) is 9.59 Å². The van der Waals surface area contributed by atoms with Gasteiger partial charge in [-0.15, -0.1) is 5.10 Å². The van der Waals surface area contributed by atoms with Crippen molar-refractivity contribution in [3.8, 4) is 5.82 Å². The van der Waals surface area contributed by atoms with Gasteiger partial charge in [0.05, 0.1) is 12.0 Å². The normalized spacial score (nSPS) is 16.0. The lowest BCUT2D eigenvalue weighted by Gasteiger charge is -2.35. The van der Waals surface area contributed by atoms with Crippen LogP contribution in [-0.4, -0.2) is 79.6 Å². The summed E-state index contributed by atoms with van der Waals surface area (Å²) in [6.45, 7) is 6.35. The van der Waals surface area contributed by atoms with Gasteiger partial charge in [0, 0.05) is 44.0 Å². The van der Waals surface area contributed by atoms with Crippen LogP contribution in [0.15, 0.2) is 36.7 Å². The summed E-state index contributed by atoms with van der Waals surface area (Å²) in [5.74, 6) is 0.523. The molecule has 1 amide bonds. The van der Waals surface area contributed by atoms with Crippen LogP contribution in [-0.2, 0) is 29.0 Å². The Labute approximate surface area is 191 Å². The van der Waals surface area contributed by atoms with E-state index in [4.69, 9.17) is 4.74 Å². The number of benzene rings is 1. The molecule has 33 heavy (non-hydrogen) atoms. The number of aryl methyl sites for hydroxylation is 1. The molecule has 0 bridgehead atoms. The number of carbonyl (C=O) groups excluding carboxylic acids is 2. The highest BCUT2D eigenvalue weighted by Gasteiger charge is 2.23. The fourth-order valence-corrected chi connectivity index (χ4v) is 4.28. The van der Waals surface area contributed by atoms with Gasteiger partial charge in [-0.05, 0) is 47.0 Å². The van der Waals surface area contributed by atoms with Gasteiger partial charge in [0.2, 0.25) is 5.91 Å². The molecule has 1 aromatic carbocycles. The summed E-state index contributed by atoms with van der Waals surface area (Å²) < 4.78 is 6.57. The summed E-state index contributed by atoms with van der Waals surface area (Å²) in [5.41, 5.74) is 4.58. The summed E-state index contributed by atoms with van der Waals surface area (Å²) in [7, 11) is 0. The van der Waals surface area contributed by atoms with Gasteiger partial charge in [0.25, 0.3) is 0 Å². The number of nitrogens with zero attached hydrogens (tertiary/aromatic N) is 7. The fraction of sp³-hybridized carbons (Fsp3) is 0.391. The number of piperazine rings is 1. The zero-order valence-corrected chi connectivity index (χ0v) is 18.5. The molecule has 1 fully saturated rings. The molecule has 10 heteroatoms. The summed E-state index contributed by atoms with van der Waals surface area (Å²) in [6.07, 6.45) is 2.74. The van der Waals surface area contributed by atoms with E-state index in [2.05, 4.69) is 31.5 Å². The van der Waals surface area contributed by atoms with E-state index in [1.54, 1.807) is 0 Å². The van der Waals surface area contributed by atoms with Crippen molar-refractivity contribution >= 4 is 11.9 Å². The van der Waals surface area contributed by atoms with Gasteiger partial charge < -0.3 is 9.64 Å². The second-order valence-corrected chi connectivity index (χ2v) is 8.39. The molecule has 2 aliphatic heterocycles. The molecule has 2 aromatic heterocycles. The van der Waals surface area contributed by atoms with Crippen molar-refractivity contribution in [2.45, 2.75) is 26.4 Å². The first kappa shape index (κ1) is 21.2. The van der Waals surface area contributed by atoms with Crippen LogP contribution in [0.5, 0.6) is 0 Å². The number of rotatable bonds is 6. The van der Waals surface area contributed by atoms with E-state index < -0.39 is 0 Å². The second-order valence-electron chi connectivity index (χ2n) is 8.39. The predicted octanol–water partition coefficient (Wildman–Crippen LogP) is 0.966. The van der Waals surface area contributed by atoms with Gasteiger partial charge in [-0.3, -0.25) is 9.69 Å². The van der Waals surface area contributed by atoms with Crippen LogP contribution in [0.25, 0.3) is 5.82 Å². The summed E-state index contributed by atoms with van der Waals surface area (Å²) in [5, 5.41) is 11.1. The molecule has 5 rings (SSSR count). The van der Waals surface area contributed by atoms with E-state index in [1.165, 1.54) is 16.6 Å². The van der Waals surface area contributed by atoms with Crippen LogP contribution >= 0.6 is 0 Å². The van der Waals surface area contributed by atoms with Gasteiger partial charge in [0.1, 0.15) is 12.9 Å². The number of cyclic esters (lactones) is 1. The van der Waals surface area contributed by atoms with Crippen molar-refractivity contribution in [3.63, 3.8) is 0 Å². The SMILES string of the molecule is Cc1nc(-n2cnnn2)ccc1CC(=O)N1CCN(CCc2ccc3c(c2)COC3=O)CC1. The number of aromatic nitrogens is 5. The highest BCUT2D eigenvalue weighted by atomic mass is 16.5. The smallest absolute Gasteiger partial charge is 0.338 e. The lowest BCUT2D eigenvalue weighted by atomic mass is 10.0. The van der Waals surface area contributed by atoms with Crippen LogP contribution in [0.2, 0.25) is 0 Å². The number of carbonyl (C=O) groups is 2. The largest absolute Gasteiger partial charge is 0.457 e. The number of fused-ring (bicyclic) bond motifs is 1. The van der Waals surface area contributed by atoms with Crippen LogP contribution in [0.3, 0.4) is 0 Å². The second kappa shape index (κ2) is 9.07. The molecule has 0 radical (unpaired) electrons. The zero-order valence-electron chi connectivity index (χ0n) is 18.5. The molecule has 0 N–H and O–H groups in total. The number of esters is 1. The third kappa shape index (κ3) is 4.61. The lowest BCUT2D eigenvalue weighted by Crippen LogP contribution is -2.49. The Hall–Kier alpha value is -3.66. The Morgan fingerprint density at radius 1 is 1.12 bits per heavy atom. The van der Waals surface area contributed by atoms with Crippen LogP contribution in [0.4, 0.5) is 0 Å². The third-order valence-electron chi connectivity index (χ3n) is 6.30. The van der Waals surface area contributed by atoms with Crippen molar-refractivity contribution in [1.82, 2.24) is 35.0 Å². The minimum absolute atomic E-state index is 0.123. The topological polar surface area (TPSA) is 106 Å². The van der Waals surface area contributed by atoms with E-state index in [-0.39, 0.29) is 11.9 Å². The molecule has 0 aliphatic carbocycles. The minimum atomic E-state index is -0.230. The molecule has 0 atom stereocenters. The standard InChI is InChI=1S/C23H25N7O3/c1-16-18(3-5-21(25-16)30-15-24-26-27-30)13-22(31)29-10-8-28(9-11-29)7-6-17-2-4-20-19(12-17)14-33-23(20)32/h2-5,12,15H,6-11,13-14H2,1H3. The van der Waals surface area contributed by atoms with Crippen LogP contribution < -0.4 is 0 Å². The molecule has 10 nitrogen and oxygen atoms in total. The fourth-order valence-electron chi connectivity index (χ4n) is 4.28. The number of ether oxygens (including phenoxy) is 1. The van der Waals surface area contributed by atoms with Crippen molar-refractivity contribution < 1.29 is 14.3 Å². The zero-order chi connectivity index (χ0) is 22.8. The van der Waals surface area contributed by atoms with Gasteiger partial charge in [-0.2, -0.15) is 4.68 Å². The van der Waals surface area contributed by atoms with Crippen molar-refractivity contribution in [1.29, 1.82) is 0 Å². The Bertz CT molecular complexity index is 1170. The molecule has 0 unspecified atom stereocenters. The molecule has 0 saturated carbocycles. The number of pyridine rings is 1. The van der Waals surface area contributed by atoms with Gasteiger partial charge in [0.15, 0.2) is 5.82 Å². The summed E-state index contributed by atoms with van der Waals surface area (Å²) >= 11 is 0. The number of hydrogen-bond acceptors (Lipinski definition) is 8. The Morgan fingerprint density at radius 3 is 2.73 bits per heavy atom. The lowest BCUT2D eigenvalue weighted by molar-refractivity contribution is -0.132. The van der Waals surface area contributed by atoms with E-state index >= 15 is 0 Å². The molecular formula is C23H25N7O3. The summed E-state index contributed by atoms with van der Waals surface area (Å²) in [6, 6.07) is 9.68. The minimum Gasteiger partial charge on any atom is -0.457 e. The van der Waals surface area contributed by atoms with E-state index in [0.29, 0.717) is 24.4 Å². The van der Waals surface area contributed by atoms with E-state index in [1.807, 2.05) is 36.1 Å². The monoisotopic (exact) mass is 447 g/mol. The van der Waals surface area contributed by atoms with Crippen molar-refractivity contribution in [3.05, 3.63) is 64.6 Å². The number of hydrogen-bond donors (Lipinski definition) is 0. The molecule has 1 saturated heterocycles. The van der Waals surface area contributed by atoms with Gasteiger partial charge >= 0.3 is 5.97 Å². The maximum Gasteiger partial charge on any atom is 0.338 e. The number of tetrazole rings is 1. The Balaban J connectivity index is 1.11. The van der Waals surface area contributed by atoms with Crippen molar-refractivity contribution in [2.75, 3.05) is 32.7 Å². The first-order valence-corrected chi connectivity index (χ1v) is 11.1. The molecule has 3 aromatic rings. The highest BCUT2D eigenvalue weighted by molar-refractivity contribution is 5.93. The van der Waals surface area contributed by atoms with E-state index in [0.717, 1.165) is 56.0 Å². The average Bonchev–Trinajstić information content (AvgIpc) is 3.50. The van der Waals surface area contributed by atoms with Crippen molar-refractivity contribution in [2.24, 2.45) is 0 Å². The number of amides is 1. The maximum atomic E-state index is 12.9. The Kier molecular flexibility index (Phi) is 5.82. The molecule has 4 heterocycles. The molecular weight excluding hydrogens is 422 g/mol. The molecule has 170 valence electrons. The first-order chi connectivity index (χ1) is 16.1. The predicted molar refractivity (Wildman–Crippen MR) is 118 cm³/mol. The quantitative estimate of drug-likeness (QED) is 0.515. The maximum absolute atomic E-state index is 12.9. The highest BCUT2D eigenvalue weighted by Crippen LogP contribution is 2.21. The molecule has 2 aliphatic rings. The third-order valence-corrected chi connectivity index (χ3v) is 6.30. The van der Waals surface area contributed by atoms with Crippen LogP contribution in [0.1, 0.15) is 32.7 Å². The van der Waals surface area contributed by atoms with Crippen LogP contribution in [0, 0.1) is 6.92 Å². The average molecular weight is 447 g/mol. The first-order valence-electron chi connectivity index (χ1n) is 11.1. The van der Waals surface area contributed by atoms with Gasteiger partial charge in [-0.25, -0.2) is 9.78 Å².